The first-order valence-corrected chi connectivity index (χ1v) is 11.7. The third-order valence-electron chi connectivity index (χ3n) is 5.86. The van der Waals surface area contributed by atoms with Crippen LogP contribution in [0.2, 0.25) is 0 Å². The highest BCUT2D eigenvalue weighted by atomic mass is 32.2. The number of carbonyl (C=O) groups is 1. The molecule has 2 fully saturated rings. The van der Waals surface area contributed by atoms with Gasteiger partial charge in [0.25, 0.3) is 5.91 Å². The normalized spacial score (nSPS) is 20.5. The predicted octanol–water partition coefficient (Wildman–Crippen LogP) is 2.82. The molecule has 0 radical (unpaired) electrons. The average molecular weight is 432 g/mol. The van der Waals surface area contributed by atoms with Gasteiger partial charge in [0.1, 0.15) is 5.82 Å². The minimum atomic E-state index is -3.69. The Bertz CT molecular complexity index is 1020. The molecule has 0 aromatic heterocycles. The van der Waals surface area contributed by atoms with Crippen LogP contribution in [-0.2, 0) is 10.0 Å². The molecule has 1 amide bonds. The second kappa shape index (κ2) is 8.35. The minimum Gasteiger partial charge on any atom is -0.369 e. The van der Waals surface area contributed by atoms with Crippen molar-refractivity contribution < 1.29 is 17.6 Å². The van der Waals surface area contributed by atoms with E-state index in [-0.39, 0.29) is 16.6 Å². The van der Waals surface area contributed by atoms with Crippen LogP contribution in [0.15, 0.2) is 53.4 Å². The number of benzene rings is 2. The zero-order valence-electron chi connectivity index (χ0n) is 17.0. The quantitative estimate of drug-likeness (QED) is 0.747. The van der Waals surface area contributed by atoms with Gasteiger partial charge in [0.2, 0.25) is 10.0 Å². The lowest BCUT2D eigenvalue weighted by Crippen LogP contribution is -2.48. The number of sulfonamides is 1. The summed E-state index contributed by atoms with van der Waals surface area (Å²) < 4.78 is 40.9. The Labute approximate surface area is 176 Å². The summed E-state index contributed by atoms with van der Waals surface area (Å²) in [4.78, 5) is 16.7. The van der Waals surface area contributed by atoms with Gasteiger partial charge in [0, 0.05) is 50.5 Å². The van der Waals surface area contributed by atoms with E-state index in [2.05, 4.69) is 6.92 Å². The van der Waals surface area contributed by atoms with Crippen molar-refractivity contribution in [3.05, 3.63) is 59.9 Å². The fourth-order valence-corrected chi connectivity index (χ4v) is 5.55. The zero-order chi connectivity index (χ0) is 21.3. The van der Waals surface area contributed by atoms with Crippen molar-refractivity contribution in [3.63, 3.8) is 0 Å². The number of carbonyl (C=O) groups excluding carboxylic acids is 1. The van der Waals surface area contributed by atoms with Crippen molar-refractivity contribution in [2.45, 2.75) is 18.2 Å². The molecule has 2 aliphatic rings. The van der Waals surface area contributed by atoms with Gasteiger partial charge in [-0.15, -0.1) is 0 Å². The molecule has 4 rings (SSSR count). The Morgan fingerprint density at radius 1 is 1.00 bits per heavy atom. The summed E-state index contributed by atoms with van der Waals surface area (Å²) in [7, 11) is -3.69. The molecule has 0 saturated carbocycles. The van der Waals surface area contributed by atoms with Gasteiger partial charge in [0.15, 0.2) is 0 Å². The maximum atomic E-state index is 13.2. The molecule has 2 saturated heterocycles. The van der Waals surface area contributed by atoms with E-state index < -0.39 is 10.0 Å². The van der Waals surface area contributed by atoms with Gasteiger partial charge in [-0.2, -0.15) is 4.31 Å². The molecule has 160 valence electrons. The topological polar surface area (TPSA) is 60.9 Å². The van der Waals surface area contributed by atoms with Crippen LogP contribution in [0, 0.1) is 11.7 Å². The van der Waals surface area contributed by atoms with E-state index in [9.17, 15) is 17.6 Å². The number of halogens is 1. The number of amides is 1. The fourth-order valence-electron chi connectivity index (χ4n) is 4.08. The number of anilines is 1. The Morgan fingerprint density at radius 2 is 1.70 bits per heavy atom. The number of hydrogen-bond donors (Lipinski definition) is 0. The molecule has 8 heteroatoms. The molecule has 6 nitrogen and oxygen atoms in total. The lowest BCUT2D eigenvalue weighted by Gasteiger charge is -2.35. The first kappa shape index (κ1) is 20.8. The Balaban J connectivity index is 1.46. The first-order valence-electron chi connectivity index (χ1n) is 10.2. The SMILES string of the molecule is CC1CCN(C(=O)c2cccc(S(=O)(=O)N3CCN(c4ccc(F)cc4)CC3)c2)C1. The molecule has 2 heterocycles. The van der Waals surface area contributed by atoms with Crippen molar-refractivity contribution in [1.82, 2.24) is 9.21 Å². The Morgan fingerprint density at radius 3 is 2.33 bits per heavy atom. The molecule has 2 aliphatic heterocycles. The van der Waals surface area contributed by atoms with Gasteiger partial charge >= 0.3 is 0 Å². The third-order valence-corrected chi connectivity index (χ3v) is 7.75. The van der Waals surface area contributed by atoms with E-state index >= 15 is 0 Å². The maximum Gasteiger partial charge on any atom is 0.253 e. The zero-order valence-corrected chi connectivity index (χ0v) is 17.8. The van der Waals surface area contributed by atoms with Crippen LogP contribution < -0.4 is 4.90 Å². The number of likely N-dealkylation sites (tertiary alicyclic amines) is 1. The van der Waals surface area contributed by atoms with Gasteiger partial charge in [-0.25, -0.2) is 12.8 Å². The number of nitrogens with zero attached hydrogens (tertiary/aromatic N) is 3. The van der Waals surface area contributed by atoms with Crippen LogP contribution in [0.25, 0.3) is 0 Å². The summed E-state index contributed by atoms with van der Waals surface area (Å²) in [6.45, 7) is 5.25. The van der Waals surface area contributed by atoms with Crippen molar-refractivity contribution in [1.29, 1.82) is 0 Å². The van der Waals surface area contributed by atoms with Gasteiger partial charge in [-0.3, -0.25) is 4.79 Å². The van der Waals surface area contributed by atoms with Crippen molar-refractivity contribution in [2.24, 2.45) is 5.92 Å². The summed E-state index contributed by atoms with van der Waals surface area (Å²) in [6, 6.07) is 12.6. The summed E-state index contributed by atoms with van der Waals surface area (Å²) in [6.07, 6.45) is 0.974. The summed E-state index contributed by atoms with van der Waals surface area (Å²) >= 11 is 0. The molecule has 0 N–H and O–H groups in total. The Kier molecular flexibility index (Phi) is 5.79. The van der Waals surface area contributed by atoms with Gasteiger partial charge in [-0.05, 0) is 54.8 Å². The highest BCUT2D eigenvalue weighted by Gasteiger charge is 2.30. The predicted molar refractivity (Wildman–Crippen MR) is 113 cm³/mol. The smallest absolute Gasteiger partial charge is 0.253 e. The van der Waals surface area contributed by atoms with Crippen molar-refractivity contribution in [3.8, 4) is 0 Å². The summed E-state index contributed by atoms with van der Waals surface area (Å²) in [5.74, 6) is 0.0635. The van der Waals surface area contributed by atoms with Crippen LogP contribution in [-0.4, -0.2) is 62.8 Å². The molecule has 1 unspecified atom stereocenters. The standard InChI is InChI=1S/C22H26FN3O3S/c1-17-9-10-25(16-17)22(27)18-3-2-4-21(15-18)30(28,29)26-13-11-24(12-14-26)20-7-5-19(23)6-8-20/h2-8,15,17H,9-14,16H2,1H3. The van der Waals surface area contributed by atoms with Crippen LogP contribution in [0.5, 0.6) is 0 Å². The number of piperazine rings is 1. The largest absolute Gasteiger partial charge is 0.369 e. The van der Waals surface area contributed by atoms with Crippen LogP contribution in [0.4, 0.5) is 10.1 Å². The fraction of sp³-hybridized carbons (Fsp3) is 0.409. The van der Waals surface area contributed by atoms with Crippen LogP contribution in [0.1, 0.15) is 23.7 Å². The second-order valence-corrected chi connectivity index (χ2v) is 9.98. The third kappa shape index (κ3) is 4.20. The highest BCUT2D eigenvalue weighted by molar-refractivity contribution is 7.89. The van der Waals surface area contributed by atoms with Gasteiger partial charge in [-0.1, -0.05) is 13.0 Å². The lowest BCUT2D eigenvalue weighted by atomic mass is 10.2. The van der Waals surface area contributed by atoms with E-state index in [0.29, 0.717) is 50.7 Å². The van der Waals surface area contributed by atoms with Crippen LogP contribution in [0.3, 0.4) is 0 Å². The molecule has 1 atom stereocenters. The molecular formula is C22H26FN3O3S. The van der Waals surface area contributed by atoms with E-state index in [4.69, 9.17) is 0 Å². The van der Waals surface area contributed by atoms with Gasteiger partial charge < -0.3 is 9.80 Å². The summed E-state index contributed by atoms with van der Waals surface area (Å²) in [5.41, 5.74) is 1.29. The molecule has 0 spiro atoms. The molecular weight excluding hydrogens is 405 g/mol. The van der Waals surface area contributed by atoms with Gasteiger partial charge in [0.05, 0.1) is 4.90 Å². The molecule has 30 heavy (non-hydrogen) atoms. The average Bonchev–Trinajstić information content (AvgIpc) is 3.20. The number of hydrogen-bond acceptors (Lipinski definition) is 4. The molecule has 0 bridgehead atoms. The lowest BCUT2D eigenvalue weighted by molar-refractivity contribution is 0.0788. The monoisotopic (exact) mass is 431 g/mol. The maximum absolute atomic E-state index is 13.2. The van der Waals surface area contributed by atoms with Crippen molar-refractivity contribution >= 4 is 21.6 Å². The minimum absolute atomic E-state index is 0.113. The number of rotatable bonds is 4. The molecule has 2 aromatic rings. The highest BCUT2D eigenvalue weighted by Crippen LogP contribution is 2.24. The van der Waals surface area contributed by atoms with E-state index in [1.54, 1.807) is 35.2 Å². The van der Waals surface area contributed by atoms with E-state index in [1.807, 2.05) is 4.90 Å². The molecule has 0 aliphatic carbocycles. The van der Waals surface area contributed by atoms with Crippen molar-refractivity contribution in [2.75, 3.05) is 44.2 Å². The Hall–Kier alpha value is -2.45. The summed E-state index contributed by atoms with van der Waals surface area (Å²) in [5, 5.41) is 0. The van der Waals surface area contributed by atoms with E-state index in [0.717, 1.165) is 12.1 Å². The van der Waals surface area contributed by atoms with Crippen LogP contribution >= 0.6 is 0 Å². The van der Waals surface area contributed by atoms with E-state index in [1.165, 1.54) is 22.5 Å². The molecule has 2 aromatic carbocycles. The first-order chi connectivity index (χ1) is 14.3. The second-order valence-electron chi connectivity index (χ2n) is 8.04.